The summed E-state index contributed by atoms with van der Waals surface area (Å²) in [4.78, 5) is 32.6. The van der Waals surface area contributed by atoms with E-state index in [1.807, 2.05) is 29.3 Å². The van der Waals surface area contributed by atoms with Crippen molar-refractivity contribution < 1.29 is 19.1 Å². The number of thiazole rings is 1. The van der Waals surface area contributed by atoms with Crippen molar-refractivity contribution in [2.24, 2.45) is 5.41 Å². The molecule has 0 N–H and O–H groups in total. The molecule has 3 atom stereocenters. The Balaban J connectivity index is 1.67. The smallest absolute Gasteiger partial charge is 0.314 e. The standard InChI is InChI=1S/C21H24N2O4S/c1-13-8-14(4-6-17(13)26-2)19(24)23-16-5-7-18(23)21(10-16,20(25)27-3)9-15-11-28-12-22-15/h4,6,8,11-12,16,18H,5,7,9-10H2,1-3H3/t16-,18+,21+/m1/s1. The van der Waals surface area contributed by atoms with Crippen LogP contribution in [0.5, 0.6) is 5.75 Å². The van der Waals surface area contributed by atoms with Crippen LogP contribution in [-0.4, -0.2) is 48.1 Å². The van der Waals surface area contributed by atoms with Crippen molar-refractivity contribution in [3.05, 3.63) is 45.9 Å². The summed E-state index contributed by atoms with van der Waals surface area (Å²) in [5.74, 6) is 0.493. The van der Waals surface area contributed by atoms with E-state index in [2.05, 4.69) is 4.98 Å². The van der Waals surface area contributed by atoms with Gasteiger partial charge in [0.1, 0.15) is 5.75 Å². The molecule has 2 fully saturated rings. The van der Waals surface area contributed by atoms with Gasteiger partial charge in [0.05, 0.1) is 30.8 Å². The maximum atomic E-state index is 13.4. The molecule has 1 aromatic carbocycles. The van der Waals surface area contributed by atoms with Crippen LogP contribution < -0.4 is 4.74 Å². The second-order valence-electron chi connectivity index (χ2n) is 7.65. The first kappa shape index (κ1) is 18.9. The third-order valence-corrected chi connectivity index (χ3v) is 6.82. The van der Waals surface area contributed by atoms with E-state index in [9.17, 15) is 9.59 Å². The fourth-order valence-corrected chi connectivity index (χ4v) is 5.54. The lowest BCUT2D eigenvalue weighted by atomic mass is 9.71. The summed E-state index contributed by atoms with van der Waals surface area (Å²) in [5.41, 5.74) is 3.49. The van der Waals surface area contributed by atoms with Crippen LogP contribution in [0.2, 0.25) is 0 Å². The zero-order valence-electron chi connectivity index (χ0n) is 16.3. The first-order valence-electron chi connectivity index (χ1n) is 9.43. The van der Waals surface area contributed by atoms with Gasteiger partial charge in [-0.2, -0.15) is 0 Å². The molecule has 3 heterocycles. The molecule has 1 aromatic heterocycles. The van der Waals surface area contributed by atoms with Crippen LogP contribution in [0, 0.1) is 12.3 Å². The van der Waals surface area contributed by atoms with Gasteiger partial charge in [0.2, 0.25) is 0 Å². The number of hydrogen-bond donors (Lipinski definition) is 0. The van der Waals surface area contributed by atoms with Crippen molar-refractivity contribution in [3.8, 4) is 5.75 Å². The van der Waals surface area contributed by atoms with Crippen LogP contribution >= 0.6 is 11.3 Å². The van der Waals surface area contributed by atoms with Gasteiger partial charge in [-0.1, -0.05) is 0 Å². The summed E-state index contributed by atoms with van der Waals surface area (Å²) in [6.45, 7) is 1.93. The quantitative estimate of drug-likeness (QED) is 0.721. The van der Waals surface area contributed by atoms with E-state index >= 15 is 0 Å². The number of benzene rings is 1. The Kier molecular flexibility index (Phi) is 4.87. The topological polar surface area (TPSA) is 68.7 Å². The van der Waals surface area contributed by atoms with Gasteiger partial charge >= 0.3 is 5.97 Å². The summed E-state index contributed by atoms with van der Waals surface area (Å²) < 4.78 is 10.5. The number of methoxy groups -OCH3 is 2. The molecule has 7 heteroatoms. The van der Waals surface area contributed by atoms with Crippen molar-refractivity contribution >= 4 is 23.2 Å². The number of carbonyl (C=O) groups is 2. The molecule has 2 bridgehead atoms. The molecule has 1 amide bonds. The number of esters is 1. The number of aryl methyl sites for hydroxylation is 1. The summed E-state index contributed by atoms with van der Waals surface area (Å²) in [7, 11) is 3.05. The highest BCUT2D eigenvalue weighted by Gasteiger charge is 2.62. The molecule has 0 aliphatic carbocycles. The minimum atomic E-state index is -0.719. The number of carbonyl (C=O) groups excluding carboxylic acids is 2. The number of ether oxygens (including phenoxy) is 2. The van der Waals surface area contributed by atoms with Gasteiger partial charge in [0.25, 0.3) is 5.91 Å². The molecule has 0 saturated carbocycles. The van der Waals surface area contributed by atoms with E-state index in [1.165, 1.54) is 18.4 Å². The predicted octanol–water partition coefficient (Wildman–Crippen LogP) is 3.24. The number of aromatic nitrogens is 1. The molecular formula is C21H24N2O4S. The van der Waals surface area contributed by atoms with Crippen LogP contribution in [0.1, 0.15) is 40.9 Å². The first-order valence-corrected chi connectivity index (χ1v) is 10.4. The Labute approximate surface area is 168 Å². The van der Waals surface area contributed by atoms with Gasteiger partial charge in [-0.3, -0.25) is 9.59 Å². The molecule has 4 rings (SSSR count). The molecule has 2 aliphatic rings. The minimum absolute atomic E-state index is 0.0256. The number of amides is 1. The summed E-state index contributed by atoms with van der Waals surface area (Å²) in [6, 6.07) is 5.37. The number of hydrogen-bond acceptors (Lipinski definition) is 6. The molecule has 0 spiro atoms. The van der Waals surface area contributed by atoms with Gasteiger partial charge in [-0.05, 0) is 49.9 Å². The summed E-state index contributed by atoms with van der Waals surface area (Å²) in [6.07, 6.45) is 2.87. The van der Waals surface area contributed by atoms with Gasteiger partial charge in [0.15, 0.2) is 0 Å². The van der Waals surface area contributed by atoms with Crippen molar-refractivity contribution in [2.75, 3.05) is 14.2 Å². The van der Waals surface area contributed by atoms with Crippen LogP contribution in [0.4, 0.5) is 0 Å². The third-order valence-electron chi connectivity index (χ3n) is 6.19. The predicted molar refractivity (Wildman–Crippen MR) is 106 cm³/mol. The molecule has 2 saturated heterocycles. The lowest BCUT2D eigenvalue weighted by molar-refractivity contribution is -0.154. The average Bonchev–Trinajstić information content (AvgIpc) is 3.42. The first-order chi connectivity index (χ1) is 13.5. The second-order valence-corrected chi connectivity index (χ2v) is 8.37. The second kappa shape index (κ2) is 7.20. The molecule has 2 aliphatic heterocycles. The van der Waals surface area contributed by atoms with E-state index < -0.39 is 5.41 Å². The van der Waals surface area contributed by atoms with Crippen LogP contribution in [0.3, 0.4) is 0 Å². The number of nitrogens with zero attached hydrogens (tertiary/aromatic N) is 2. The Hall–Kier alpha value is -2.41. The van der Waals surface area contributed by atoms with Crippen molar-refractivity contribution in [2.45, 2.75) is 44.7 Å². The van der Waals surface area contributed by atoms with Crippen molar-refractivity contribution in [1.82, 2.24) is 9.88 Å². The highest BCUT2D eigenvalue weighted by molar-refractivity contribution is 7.07. The molecule has 2 aromatic rings. The van der Waals surface area contributed by atoms with E-state index in [0.717, 1.165) is 29.8 Å². The van der Waals surface area contributed by atoms with E-state index in [4.69, 9.17) is 9.47 Å². The molecule has 148 valence electrons. The Morgan fingerprint density at radius 1 is 1.32 bits per heavy atom. The van der Waals surface area contributed by atoms with Gasteiger partial charge in [-0.25, -0.2) is 4.98 Å². The summed E-state index contributed by atoms with van der Waals surface area (Å²) in [5, 5.41) is 1.97. The minimum Gasteiger partial charge on any atom is -0.496 e. The number of rotatable bonds is 5. The van der Waals surface area contributed by atoms with Crippen molar-refractivity contribution in [1.29, 1.82) is 0 Å². The molecule has 28 heavy (non-hydrogen) atoms. The third kappa shape index (κ3) is 2.89. The zero-order valence-corrected chi connectivity index (χ0v) is 17.1. The van der Waals surface area contributed by atoms with Crippen LogP contribution in [0.15, 0.2) is 29.1 Å². The van der Waals surface area contributed by atoms with Gasteiger partial charge < -0.3 is 14.4 Å². The fourth-order valence-electron chi connectivity index (χ4n) is 4.98. The Bertz CT molecular complexity index is 898. The largest absolute Gasteiger partial charge is 0.496 e. The number of fused-ring (bicyclic) bond motifs is 2. The lowest BCUT2D eigenvalue weighted by Gasteiger charge is -2.34. The summed E-state index contributed by atoms with van der Waals surface area (Å²) >= 11 is 1.51. The van der Waals surface area contributed by atoms with Crippen LogP contribution in [0.25, 0.3) is 0 Å². The maximum Gasteiger partial charge on any atom is 0.314 e. The highest BCUT2D eigenvalue weighted by atomic mass is 32.1. The monoisotopic (exact) mass is 400 g/mol. The molecule has 0 radical (unpaired) electrons. The van der Waals surface area contributed by atoms with Crippen LogP contribution in [-0.2, 0) is 16.0 Å². The fraction of sp³-hybridized carbons (Fsp3) is 0.476. The molecular weight excluding hydrogens is 376 g/mol. The maximum absolute atomic E-state index is 13.4. The normalized spacial score (nSPS) is 25.8. The van der Waals surface area contributed by atoms with E-state index in [0.29, 0.717) is 18.4 Å². The van der Waals surface area contributed by atoms with Gasteiger partial charge in [-0.15, -0.1) is 11.3 Å². The average molecular weight is 401 g/mol. The lowest BCUT2D eigenvalue weighted by Crippen LogP contribution is -2.47. The highest BCUT2D eigenvalue weighted by Crippen LogP contribution is 2.52. The molecule has 0 unspecified atom stereocenters. The molecule has 6 nitrogen and oxygen atoms in total. The Morgan fingerprint density at radius 2 is 2.14 bits per heavy atom. The van der Waals surface area contributed by atoms with E-state index in [1.54, 1.807) is 18.7 Å². The SMILES string of the molecule is COC(=O)[C@@]1(Cc2cscn2)C[C@H]2CC[C@@H]1N2C(=O)c1ccc(OC)c(C)c1. The van der Waals surface area contributed by atoms with Crippen molar-refractivity contribution in [3.63, 3.8) is 0 Å². The Morgan fingerprint density at radius 3 is 2.79 bits per heavy atom. The zero-order chi connectivity index (χ0) is 19.9. The van der Waals surface area contributed by atoms with E-state index in [-0.39, 0.29) is 24.0 Å². The van der Waals surface area contributed by atoms with Gasteiger partial charge in [0, 0.05) is 29.4 Å².